The molecular formula is C32H33FN2OS. The minimum absolute atomic E-state index is 0.115. The van der Waals surface area contributed by atoms with E-state index in [2.05, 4.69) is 53.5 Å². The number of hydrogen-bond acceptors (Lipinski definition) is 3. The second-order valence-corrected chi connectivity index (χ2v) is 10.9. The van der Waals surface area contributed by atoms with Crippen molar-refractivity contribution in [2.75, 3.05) is 18.4 Å². The summed E-state index contributed by atoms with van der Waals surface area (Å²) in [5.41, 5.74) is 4.00. The number of carbonyl (C=O) groups excluding carboxylic acids is 1. The number of nitrogens with one attached hydrogen (secondary N) is 1. The van der Waals surface area contributed by atoms with E-state index in [0.717, 1.165) is 54.9 Å². The summed E-state index contributed by atoms with van der Waals surface area (Å²) in [6.07, 6.45) is 4.17. The molecule has 190 valence electrons. The average molecular weight is 513 g/mol. The van der Waals surface area contributed by atoms with Gasteiger partial charge in [0.2, 0.25) is 0 Å². The van der Waals surface area contributed by atoms with Crippen molar-refractivity contribution in [2.24, 2.45) is 5.92 Å². The maximum Gasteiger partial charge on any atom is 0.256 e. The second-order valence-electron chi connectivity index (χ2n) is 9.80. The van der Waals surface area contributed by atoms with Gasteiger partial charge in [-0.1, -0.05) is 67.6 Å². The zero-order valence-electron chi connectivity index (χ0n) is 21.2. The Hall–Kier alpha value is -3.28. The fourth-order valence-corrected chi connectivity index (χ4v) is 6.35. The highest BCUT2D eigenvalue weighted by molar-refractivity contribution is 7.16. The Balaban J connectivity index is 1.43. The van der Waals surface area contributed by atoms with Crippen molar-refractivity contribution in [2.45, 2.75) is 38.6 Å². The van der Waals surface area contributed by atoms with Crippen molar-refractivity contribution in [1.82, 2.24) is 4.90 Å². The number of amides is 1. The van der Waals surface area contributed by atoms with Crippen molar-refractivity contribution >= 4 is 22.2 Å². The number of halogens is 1. The van der Waals surface area contributed by atoms with Gasteiger partial charge in [0.25, 0.3) is 5.91 Å². The van der Waals surface area contributed by atoms with E-state index < -0.39 is 0 Å². The molecule has 0 spiro atoms. The summed E-state index contributed by atoms with van der Waals surface area (Å²) in [5, 5.41) is 4.04. The first kappa shape index (κ1) is 25.4. The van der Waals surface area contributed by atoms with Crippen molar-refractivity contribution in [3.8, 4) is 0 Å². The maximum absolute atomic E-state index is 14.4. The smallest absolute Gasteiger partial charge is 0.256 e. The minimum Gasteiger partial charge on any atom is -0.313 e. The molecule has 1 amide bonds. The molecule has 1 saturated heterocycles. The van der Waals surface area contributed by atoms with Crippen LogP contribution in [0, 0.1) is 11.7 Å². The number of hydrogen-bond donors (Lipinski definition) is 1. The summed E-state index contributed by atoms with van der Waals surface area (Å²) < 4.78 is 14.4. The maximum atomic E-state index is 14.4. The van der Waals surface area contributed by atoms with Crippen LogP contribution in [0.1, 0.15) is 57.7 Å². The van der Waals surface area contributed by atoms with Crippen LogP contribution in [-0.4, -0.2) is 23.9 Å². The molecule has 0 aliphatic carbocycles. The first-order chi connectivity index (χ1) is 18.1. The van der Waals surface area contributed by atoms with Crippen molar-refractivity contribution in [1.29, 1.82) is 0 Å². The fourth-order valence-electron chi connectivity index (χ4n) is 5.32. The molecule has 0 saturated carbocycles. The van der Waals surface area contributed by atoms with Crippen LogP contribution in [0.25, 0.3) is 0 Å². The largest absolute Gasteiger partial charge is 0.313 e. The van der Waals surface area contributed by atoms with Gasteiger partial charge in [-0.25, -0.2) is 4.39 Å². The molecule has 0 radical (unpaired) electrons. The van der Waals surface area contributed by atoms with Crippen LogP contribution in [0.4, 0.5) is 9.39 Å². The highest BCUT2D eigenvalue weighted by Crippen LogP contribution is 2.41. The Morgan fingerprint density at radius 1 is 0.973 bits per heavy atom. The molecule has 2 heterocycles. The highest BCUT2D eigenvalue weighted by Gasteiger charge is 2.31. The summed E-state index contributed by atoms with van der Waals surface area (Å²) in [5.74, 6) is 0.283. The van der Waals surface area contributed by atoms with Gasteiger partial charge in [-0.05, 0) is 86.1 Å². The van der Waals surface area contributed by atoms with Gasteiger partial charge in [0, 0.05) is 16.0 Å². The number of carbonyl (C=O) groups is 1. The normalized spacial score (nSPS) is 15.4. The van der Waals surface area contributed by atoms with E-state index in [1.54, 1.807) is 23.5 Å². The third-order valence-electron chi connectivity index (χ3n) is 7.26. The monoisotopic (exact) mass is 512 g/mol. The van der Waals surface area contributed by atoms with Gasteiger partial charge in [0.05, 0.1) is 6.04 Å². The third kappa shape index (κ3) is 6.17. The van der Waals surface area contributed by atoms with E-state index in [4.69, 9.17) is 0 Å². The Kier molecular flexibility index (Phi) is 8.12. The molecule has 1 aliphatic heterocycles. The van der Waals surface area contributed by atoms with E-state index in [0.29, 0.717) is 11.5 Å². The Bertz CT molecular complexity index is 1310. The van der Waals surface area contributed by atoms with E-state index in [9.17, 15) is 9.18 Å². The number of anilines is 1. The molecule has 1 fully saturated rings. The van der Waals surface area contributed by atoms with E-state index in [1.807, 2.05) is 36.4 Å². The summed E-state index contributed by atoms with van der Waals surface area (Å²) in [7, 11) is 0. The van der Waals surface area contributed by atoms with Gasteiger partial charge in [-0.3, -0.25) is 9.69 Å². The van der Waals surface area contributed by atoms with Crippen LogP contribution in [0.5, 0.6) is 0 Å². The summed E-state index contributed by atoms with van der Waals surface area (Å²) >= 11 is 1.62. The van der Waals surface area contributed by atoms with E-state index in [1.165, 1.54) is 16.5 Å². The lowest BCUT2D eigenvalue weighted by atomic mass is 9.88. The van der Waals surface area contributed by atoms with E-state index in [-0.39, 0.29) is 17.8 Å². The van der Waals surface area contributed by atoms with Crippen LogP contribution < -0.4 is 5.32 Å². The lowest BCUT2D eigenvalue weighted by Gasteiger charge is -2.38. The molecule has 0 unspecified atom stereocenters. The number of likely N-dealkylation sites (tertiary alicyclic amines) is 1. The van der Waals surface area contributed by atoms with E-state index >= 15 is 0 Å². The fraction of sp³-hybridized carbons (Fsp3) is 0.281. The quantitative estimate of drug-likeness (QED) is 0.262. The minimum atomic E-state index is -0.234. The molecule has 1 atom stereocenters. The standard InChI is InChI=1S/C32H33FN2OS/c1-2-28-22-29(32(37-28)34-31(36)25-12-7-4-8-13-25)30(26-14-9-15-27(33)21-26)35-18-16-24(17-19-35)20-23-10-5-3-6-11-23/h3-15,21-22,24,30H,2,16-20H2,1H3,(H,34,36)/t30-/m1/s1. The predicted octanol–water partition coefficient (Wildman–Crippen LogP) is 7.75. The lowest BCUT2D eigenvalue weighted by molar-refractivity contribution is 0.102. The molecule has 3 aromatic carbocycles. The van der Waals surface area contributed by atoms with Crippen LogP contribution in [0.2, 0.25) is 0 Å². The van der Waals surface area contributed by atoms with Gasteiger partial charge in [-0.2, -0.15) is 0 Å². The Labute approximate surface area is 223 Å². The van der Waals surface area contributed by atoms with Crippen LogP contribution in [0.3, 0.4) is 0 Å². The topological polar surface area (TPSA) is 32.3 Å². The molecule has 1 N–H and O–H groups in total. The number of thiophene rings is 1. The predicted molar refractivity (Wildman–Crippen MR) is 151 cm³/mol. The van der Waals surface area contributed by atoms with Gasteiger partial charge < -0.3 is 5.32 Å². The van der Waals surface area contributed by atoms with Crippen molar-refractivity contribution in [3.05, 3.63) is 124 Å². The SMILES string of the molecule is CCc1cc([C@@H](c2cccc(F)c2)N2CCC(Cc3ccccc3)CC2)c(NC(=O)c2ccccc2)s1. The van der Waals surface area contributed by atoms with Crippen molar-refractivity contribution < 1.29 is 9.18 Å². The highest BCUT2D eigenvalue weighted by atomic mass is 32.1. The molecule has 4 aromatic rings. The Morgan fingerprint density at radius 3 is 2.35 bits per heavy atom. The molecular weight excluding hydrogens is 479 g/mol. The number of piperidine rings is 1. The molecule has 1 aliphatic rings. The number of rotatable bonds is 8. The summed E-state index contributed by atoms with van der Waals surface area (Å²) in [6.45, 7) is 3.99. The lowest BCUT2D eigenvalue weighted by Crippen LogP contribution is -2.38. The molecule has 37 heavy (non-hydrogen) atoms. The molecule has 1 aromatic heterocycles. The third-order valence-corrected chi connectivity index (χ3v) is 8.47. The van der Waals surface area contributed by atoms with Gasteiger partial charge in [-0.15, -0.1) is 11.3 Å². The zero-order chi connectivity index (χ0) is 25.6. The molecule has 0 bridgehead atoms. The van der Waals surface area contributed by atoms with Gasteiger partial charge in [0.1, 0.15) is 10.8 Å². The molecule has 3 nitrogen and oxygen atoms in total. The zero-order valence-corrected chi connectivity index (χ0v) is 22.0. The van der Waals surface area contributed by atoms with Gasteiger partial charge in [0.15, 0.2) is 0 Å². The van der Waals surface area contributed by atoms with Crippen LogP contribution in [-0.2, 0) is 12.8 Å². The number of aryl methyl sites for hydroxylation is 1. The Morgan fingerprint density at radius 2 is 1.68 bits per heavy atom. The number of nitrogens with zero attached hydrogens (tertiary/aromatic N) is 1. The summed E-state index contributed by atoms with van der Waals surface area (Å²) in [6, 6.07) is 29.0. The summed E-state index contributed by atoms with van der Waals surface area (Å²) in [4.78, 5) is 16.8. The second kappa shape index (κ2) is 11.8. The van der Waals surface area contributed by atoms with Gasteiger partial charge >= 0.3 is 0 Å². The molecule has 5 heteroatoms. The molecule has 5 rings (SSSR count). The first-order valence-corrected chi connectivity index (χ1v) is 13.9. The first-order valence-electron chi connectivity index (χ1n) is 13.1. The average Bonchev–Trinajstić information content (AvgIpc) is 3.33. The van der Waals surface area contributed by atoms with Crippen LogP contribution >= 0.6 is 11.3 Å². The van der Waals surface area contributed by atoms with Crippen molar-refractivity contribution in [3.63, 3.8) is 0 Å². The number of benzene rings is 3. The van der Waals surface area contributed by atoms with Crippen LogP contribution in [0.15, 0.2) is 91.0 Å².